The van der Waals surface area contributed by atoms with E-state index < -0.39 is 33.3 Å². The normalized spacial score (nSPS) is 15.7. The van der Waals surface area contributed by atoms with E-state index in [1.807, 2.05) is 10.6 Å². The molecule has 3 rings (SSSR count). The number of urea groups is 1. The highest BCUT2D eigenvalue weighted by Gasteiger charge is 2.52. The summed E-state index contributed by atoms with van der Waals surface area (Å²) in [4.78, 5) is 36.4. The Morgan fingerprint density at radius 2 is 1.32 bits per heavy atom. The lowest BCUT2D eigenvalue weighted by Gasteiger charge is -2.34. The fourth-order valence-electron chi connectivity index (χ4n) is 2.83. The number of nitrogens with one attached hydrogen (secondary N) is 2. The predicted molar refractivity (Wildman–Crippen MR) is 108 cm³/mol. The van der Waals surface area contributed by atoms with E-state index >= 15 is 0 Å². The molecule has 0 atom stereocenters. The van der Waals surface area contributed by atoms with E-state index in [1.165, 1.54) is 43.5 Å². The Labute approximate surface area is 178 Å². The summed E-state index contributed by atoms with van der Waals surface area (Å²) in [6, 6.07) is 11.1. The largest absolute Gasteiger partial charge is 0.467 e. The van der Waals surface area contributed by atoms with Gasteiger partial charge in [0, 0.05) is 19.8 Å². The molecule has 164 valence electrons. The standard InChI is InChI=1S/C20H20N2O8S/c1-28-12-11-20(17(23)21-19(25)22-18(20)24)30-15-5-3-13(4-6-15)29-14-7-9-16(10-8-14)31(2,26)27/h3-10H,11-12H2,1-2H3,(H2,21,22,23,24,25). The van der Waals surface area contributed by atoms with E-state index in [9.17, 15) is 22.8 Å². The van der Waals surface area contributed by atoms with Crippen molar-refractivity contribution in [2.24, 2.45) is 0 Å². The molecule has 2 aromatic rings. The minimum absolute atomic E-state index is 0.0414. The van der Waals surface area contributed by atoms with Crippen LogP contribution in [0.2, 0.25) is 0 Å². The van der Waals surface area contributed by atoms with Crippen LogP contribution in [0.15, 0.2) is 53.4 Å². The van der Waals surface area contributed by atoms with Crippen LogP contribution in [0, 0.1) is 0 Å². The first-order chi connectivity index (χ1) is 14.6. The summed E-state index contributed by atoms with van der Waals surface area (Å²) in [6.45, 7) is 0.0414. The molecule has 1 heterocycles. The van der Waals surface area contributed by atoms with Crippen LogP contribution < -0.4 is 20.1 Å². The van der Waals surface area contributed by atoms with Gasteiger partial charge in [0.15, 0.2) is 9.84 Å². The van der Waals surface area contributed by atoms with E-state index in [4.69, 9.17) is 14.2 Å². The van der Waals surface area contributed by atoms with E-state index in [2.05, 4.69) is 0 Å². The number of sulfone groups is 1. The number of ether oxygens (including phenoxy) is 3. The molecule has 1 saturated heterocycles. The van der Waals surface area contributed by atoms with Gasteiger partial charge >= 0.3 is 6.03 Å². The third kappa shape index (κ3) is 5.01. The summed E-state index contributed by atoms with van der Waals surface area (Å²) in [7, 11) is -1.90. The lowest BCUT2D eigenvalue weighted by atomic mass is 9.95. The lowest BCUT2D eigenvalue weighted by Crippen LogP contribution is -2.69. The Hall–Kier alpha value is -3.44. The average molecular weight is 448 g/mol. The maximum Gasteiger partial charge on any atom is 0.328 e. The minimum atomic E-state index is -3.30. The number of imide groups is 2. The van der Waals surface area contributed by atoms with Crippen LogP contribution >= 0.6 is 0 Å². The highest BCUT2D eigenvalue weighted by molar-refractivity contribution is 7.90. The van der Waals surface area contributed by atoms with Crippen LogP contribution in [-0.2, 0) is 24.2 Å². The van der Waals surface area contributed by atoms with Gasteiger partial charge in [-0.3, -0.25) is 20.2 Å². The van der Waals surface area contributed by atoms with Crippen molar-refractivity contribution in [1.82, 2.24) is 10.6 Å². The first-order valence-corrected chi connectivity index (χ1v) is 11.0. The SMILES string of the molecule is COCCC1(Oc2ccc(Oc3ccc(S(C)(=O)=O)cc3)cc2)C(=O)NC(=O)NC1=O. The van der Waals surface area contributed by atoms with Gasteiger partial charge in [-0.1, -0.05) is 0 Å². The zero-order chi connectivity index (χ0) is 22.6. The van der Waals surface area contributed by atoms with Gasteiger partial charge in [-0.2, -0.15) is 0 Å². The van der Waals surface area contributed by atoms with Crippen molar-refractivity contribution >= 4 is 27.7 Å². The zero-order valence-corrected chi connectivity index (χ0v) is 17.5. The number of barbiturate groups is 1. The molecule has 11 heteroatoms. The monoisotopic (exact) mass is 448 g/mol. The van der Waals surface area contributed by atoms with Crippen LogP contribution in [0.4, 0.5) is 4.79 Å². The summed E-state index contributed by atoms with van der Waals surface area (Å²) >= 11 is 0. The van der Waals surface area contributed by atoms with Crippen LogP contribution in [-0.4, -0.2) is 51.8 Å². The molecule has 0 aliphatic carbocycles. The Bertz CT molecular complexity index is 1080. The van der Waals surface area contributed by atoms with E-state index in [1.54, 1.807) is 12.1 Å². The van der Waals surface area contributed by atoms with Gasteiger partial charge in [0.1, 0.15) is 17.2 Å². The third-order valence-electron chi connectivity index (χ3n) is 4.45. The lowest BCUT2D eigenvalue weighted by molar-refractivity contribution is -0.153. The predicted octanol–water partition coefficient (Wildman–Crippen LogP) is 1.40. The molecule has 1 fully saturated rings. The number of hydrogen-bond donors (Lipinski definition) is 2. The fourth-order valence-corrected chi connectivity index (χ4v) is 3.46. The molecule has 0 radical (unpaired) electrons. The molecule has 2 N–H and O–H groups in total. The smallest absolute Gasteiger partial charge is 0.328 e. The maximum absolute atomic E-state index is 12.4. The van der Waals surface area contributed by atoms with E-state index in [-0.39, 0.29) is 23.7 Å². The molecule has 4 amide bonds. The summed E-state index contributed by atoms with van der Waals surface area (Å²) < 4.78 is 39.4. The van der Waals surface area contributed by atoms with Crippen molar-refractivity contribution in [3.05, 3.63) is 48.5 Å². The van der Waals surface area contributed by atoms with Crippen LogP contribution in [0.5, 0.6) is 17.2 Å². The van der Waals surface area contributed by atoms with Crippen molar-refractivity contribution in [3.63, 3.8) is 0 Å². The van der Waals surface area contributed by atoms with Gasteiger partial charge in [-0.05, 0) is 48.5 Å². The maximum atomic E-state index is 12.4. The number of hydrogen-bond acceptors (Lipinski definition) is 8. The number of rotatable bonds is 8. The molecule has 0 aromatic heterocycles. The van der Waals surface area contributed by atoms with Gasteiger partial charge in [-0.25, -0.2) is 13.2 Å². The molecule has 1 aliphatic rings. The van der Waals surface area contributed by atoms with Crippen molar-refractivity contribution in [2.45, 2.75) is 16.9 Å². The van der Waals surface area contributed by atoms with Gasteiger partial charge in [0.2, 0.25) is 0 Å². The van der Waals surface area contributed by atoms with E-state index in [0.717, 1.165) is 6.26 Å². The molecule has 1 aliphatic heterocycles. The van der Waals surface area contributed by atoms with Crippen molar-refractivity contribution < 1.29 is 37.0 Å². The summed E-state index contributed by atoms with van der Waals surface area (Å²) in [6.07, 6.45) is 1.00. The molecular weight excluding hydrogens is 428 g/mol. The molecule has 0 saturated carbocycles. The van der Waals surface area contributed by atoms with E-state index in [0.29, 0.717) is 11.5 Å². The molecule has 0 spiro atoms. The molecule has 31 heavy (non-hydrogen) atoms. The number of benzene rings is 2. The number of amides is 4. The highest BCUT2D eigenvalue weighted by Crippen LogP contribution is 2.28. The average Bonchev–Trinajstić information content (AvgIpc) is 2.71. The van der Waals surface area contributed by atoms with Crippen molar-refractivity contribution in [1.29, 1.82) is 0 Å². The molecule has 10 nitrogen and oxygen atoms in total. The summed E-state index contributed by atoms with van der Waals surface area (Å²) in [5, 5.41) is 4.06. The number of carbonyl (C=O) groups is 3. The number of methoxy groups -OCH3 is 1. The molecular formula is C20H20N2O8S. The first kappa shape index (κ1) is 22.2. The third-order valence-corrected chi connectivity index (χ3v) is 5.58. The Morgan fingerprint density at radius 1 is 0.839 bits per heavy atom. The molecule has 0 bridgehead atoms. The van der Waals surface area contributed by atoms with Crippen LogP contribution in [0.3, 0.4) is 0 Å². The van der Waals surface area contributed by atoms with Gasteiger partial charge < -0.3 is 14.2 Å². The topological polar surface area (TPSA) is 137 Å². The van der Waals surface area contributed by atoms with Crippen LogP contribution in [0.1, 0.15) is 6.42 Å². The highest BCUT2D eigenvalue weighted by atomic mass is 32.2. The summed E-state index contributed by atoms with van der Waals surface area (Å²) in [5.41, 5.74) is -1.96. The Kier molecular flexibility index (Phi) is 6.27. The fraction of sp³-hybridized carbons (Fsp3) is 0.250. The minimum Gasteiger partial charge on any atom is -0.467 e. The zero-order valence-electron chi connectivity index (χ0n) is 16.7. The molecule has 2 aromatic carbocycles. The van der Waals surface area contributed by atoms with Crippen molar-refractivity contribution in [2.75, 3.05) is 20.0 Å². The Balaban J connectivity index is 1.76. The van der Waals surface area contributed by atoms with Gasteiger partial charge in [-0.15, -0.1) is 0 Å². The van der Waals surface area contributed by atoms with Gasteiger partial charge in [0.25, 0.3) is 17.4 Å². The van der Waals surface area contributed by atoms with Gasteiger partial charge in [0.05, 0.1) is 11.5 Å². The second kappa shape index (κ2) is 8.74. The quantitative estimate of drug-likeness (QED) is 0.578. The Morgan fingerprint density at radius 3 is 1.81 bits per heavy atom. The summed E-state index contributed by atoms with van der Waals surface area (Å²) in [5.74, 6) is -0.745. The second-order valence-electron chi connectivity index (χ2n) is 6.73. The molecule has 0 unspecified atom stereocenters. The number of carbonyl (C=O) groups excluding carboxylic acids is 3. The van der Waals surface area contributed by atoms with Crippen LogP contribution in [0.25, 0.3) is 0 Å². The first-order valence-electron chi connectivity index (χ1n) is 9.07. The second-order valence-corrected chi connectivity index (χ2v) is 8.74. The van der Waals surface area contributed by atoms with Crippen molar-refractivity contribution in [3.8, 4) is 17.2 Å².